The third-order valence-corrected chi connectivity index (χ3v) is 4.31. The highest BCUT2D eigenvalue weighted by atomic mass is 16.5. The second-order valence-electron chi connectivity index (χ2n) is 6.72. The lowest BCUT2D eigenvalue weighted by molar-refractivity contribution is 0.417. The van der Waals surface area contributed by atoms with Gasteiger partial charge in [0, 0.05) is 24.3 Å². The number of aryl methyl sites for hydroxylation is 1. The van der Waals surface area contributed by atoms with E-state index in [0.717, 1.165) is 29.5 Å². The first-order valence-electron chi connectivity index (χ1n) is 9.13. The second-order valence-corrected chi connectivity index (χ2v) is 6.72. The normalized spacial score (nSPS) is 10.7. The summed E-state index contributed by atoms with van der Waals surface area (Å²) in [5.74, 6) is 2.22. The van der Waals surface area contributed by atoms with Crippen LogP contribution >= 0.6 is 0 Å². The number of hydrogen-bond donors (Lipinski definition) is 1. The van der Waals surface area contributed by atoms with E-state index in [0.29, 0.717) is 12.0 Å². The molecule has 0 aliphatic rings. The fourth-order valence-electron chi connectivity index (χ4n) is 2.93. The van der Waals surface area contributed by atoms with Gasteiger partial charge in [0.1, 0.15) is 11.6 Å². The Morgan fingerprint density at radius 3 is 2.41 bits per heavy atom. The van der Waals surface area contributed by atoms with Gasteiger partial charge in [-0.3, -0.25) is 0 Å². The first-order valence-corrected chi connectivity index (χ1v) is 9.13. The maximum atomic E-state index is 5.41. The number of rotatable bonds is 7. The van der Waals surface area contributed by atoms with E-state index in [1.807, 2.05) is 43.3 Å². The molecule has 1 aromatic heterocycles. The SMILES string of the molecule is COc1ccccc1Nc1nc(C)cc(N(Cc2ccccc2)C(C)C)n1. The van der Waals surface area contributed by atoms with Gasteiger partial charge in [0.15, 0.2) is 0 Å². The van der Waals surface area contributed by atoms with Crippen LogP contribution < -0.4 is 15.0 Å². The number of hydrogen-bond acceptors (Lipinski definition) is 5. The number of benzene rings is 2. The van der Waals surface area contributed by atoms with Crippen molar-refractivity contribution in [2.45, 2.75) is 33.4 Å². The average Bonchev–Trinajstić information content (AvgIpc) is 2.66. The standard InChI is InChI=1S/C22H26N4O/c1-16(2)26(15-18-10-6-5-7-11-18)21-14-17(3)23-22(25-21)24-19-12-8-9-13-20(19)27-4/h5-14,16H,15H2,1-4H3,(H,23,24,25). The number of para-hydroxylation sites is 2. The number of methoxy groups -OCH3 is 1. The summed E-state index contributed by atoms with van der Waals surface area (Å²) in [5.41, 5.74) is 3.01. The molecule has 0 fully saturated rings. The van der Waals surface area contributed by atoms with Gasteiger partial charge in [0.25, 0.3) is 0 Å². The highest BCUT2D eigenvalue weighted by molar-refractivity contribution is 5.63. The van der Waals surface area contributed by atoms with Crippen molar-refractivity contribution in [1.29, 1.82) is 0 Å². The number of nitrogens with zero attached hydrogens (tertiary/aromatic N) is 3. The third-order valence-electron chi connectivity index (χ3n) is 4.31. The summed E-state index contributed by atoms with van der Waals surface area (Å²) >= 11 is 0. The van der Waals surface area contributed by atoms with Crippen LogP contribution in [-0.4, -0.2) is 23.1 Å². The maximum Gasteiger partial charge on any atom is 0.229 e. The molecule has 140 valence electrons. The van der Waals surface area contributed by atoms with Crippen molar-refractivity contribution in [2.75, 3.05) is 17.3 Å². The van der Waals surface area contributed by atoms with E-state index >= 15 is 0 Å². The van der Waals surface area contributed by atoms with Gasteiger partial charge in [0.2, 0.25) is 5.95 Å². The second kappa shape index (κ2) is 8.54. The summed E-state index contributed by atoms with van der Waals surface area (Å²) in [6.45, 7) is 7.13. The molecule has 0 aliphatic carbocycles. The van der Waals surface area contributed by atoms with Crippen molar-refractivity contribution in [2.24, 2.45) is 0 Å². The highest BCUT2D eigenvalue weighted by Crippen LogP contribution is 2.27. The molecule has 0 saturated heterocycles. The Bertz CT molecular complexity index is 880. The molecule has 3 aromatic rings. The van der Waals surface area contributed by atoms with Crippen LogP contribution in [0, 0.1) is 6.92 Å². The molecule has 5 heteroatoms. The van der Waals surface area contributed by atoms with E-state index in [4.69, 9.17) is 9.72 Å². The van der Waals surface area contributed by atoms with Gasteiger partial charge < -0.3 is 15.0 Å². The molecule has 5 nitrogen and oxygen atoms in total. The summed E-state index contributed by atoms with van der Waals surface area (Å²) in [6, 6.07) is 20.5. The topological polar surface area (TPSA) is 50.3 Å². The number of anilines is 3. The van der Waals surface area contributed by atoms with Crippen molar-refractivity contribution >= 4 is 17.5 Å². The minimum Gasteiger partial charge on any atom is -0.495 e. The molecule has 0 amide bonds. The summed E-state index contributed by atoms with van der Waals surface area (Å²) < 4.78 is 5.41. The lowest BCUT2D eigenvalue weighted by Gasteiger charge is -2.28. The van der Waals surface area contributed by atoms with Crippen LogP contribution in [0.5, 0.6) is 5.75 Å². The van der Waals surface area contributed by atoms with Crippen LogP contribution in [0.3, 0.4) is 0 Å². The fraction of sp³-hybridized carbons (Fsp3) is 0.273. The smallest absolute Gasteiger partial charge is 0.229 e. The minimum atomic E-state index is 0.304. The zero-order valence-electron chi connectivity index (χ0n) is 16.3. The van der Waals surface area contributed by atoms with Gasteiger partial charge >= 0.3 is 0 Å². The van der Waals surface area contributed by atoms with Crippen LogP contribution in [-0.2, 0) is 6.54 Å². The van der Waals surface area contributed by atoms with Gasteiger partial charge in [0.05, 0.1) is 12.8 Å². The minimum absolute atomic E-state index is 0.304. The molecule has 0 aliphatic heterocycles. The zero-order valence-corrected chi connectivity index (χ0v) is 16.3. The first-order chi connectivity index (χ1) is 13.1. The van der Waals surface area contributed by atoms with E-state index in [9.17, 15) is 0 Å². The van der Waals surface area contributed by atoms with Gasteiger partial charge in [-0.2, -0.15) is 4.98 Å². The molecule has 0 spiro atoms. The molecule has 2 aromatic carbocycles. The Morgan fingerprint density at radius 1 is 1.00 bits per heavy atom. The average molecular weight is 362 g/mol. The molecule has 27 heavy (non-hydrogen) atoms. The first kappa shape index (κ1) is 18.7. The van der Waals surface area contributed by atoms with Crippen molar-refractivity contribution in [3.63, 3.8) is 0 Å². The lowest BCUT2D eigenvalue weighted by Crippen LogP contribution is -2.31. The molecule has 3 rings (SSSR count). The predicted molar refractivity (Wildman–Crippen MR) is 111 cm³/mol. The number of ether oxygens (including phenoxy) is 1. The molecule has 0 unspecified atom stereocenters. The van der Waals surface area contributed by atoms with Gasteiger partial charge in [-0.25, -0.2) is 4.98 Å². The Labute approximate surface area is 161 Å². The Kier molecular flexibility index (Phi) is 5.91. The van der Waals surface area contributed by atoms with E-state index in [2.05, 4.69) is 53.3 Å². The van der Waals surface area contributed by atoms with Crippen molar-refractivity contribution in [3.8, 4) is 5.75 Å². The van der Waals surface area contributed by atoms with Gasteiger partial charge in [-0.15, -0.1) is 0 Å². The Morgan fingerprint density at radius 2 is 1.70 bits per heavy atom. The molecule has 1 N–H and O–H groups in total. The van der Waals surface area contributed by atoms with Gasteiger partial charge in [-0.05, 0) is 38.5 Å². The number of nitrogens with one attached hydrogen (secondary N) is 1. The molecular formula is C22H26N4O. The zero-order chi connectivity index (χ0) is 19.2. The van der Waals surface area contributed by atoms with Crippen molar-refractivity contribution in [3.05, 3.63) is 71.9 Å². The van der Waals surface area contributed by atoms with Crippen molar-refractivity contribution in [1.82, 2.24) is 9.97 Å². The molecule has 0 atom stereocenters. The van der Waals surface area contributed by atoms with Crippen LogP contribution in [0.25, 0.3) is 0 Å². The number of aromatic nitrogens is 2. The van der Waals surface area contributed by atoms with E-state index in [1.165, 1.54) is 5.56 Å². The van der Waals surface area contributed by atoms with Crippen LogP contribution in [0.4, 0.5) is 17.5 Å². The third kappa shape index (κ3) is 4.76. The molecular weight excluding hydrogens is 336 g/mol. The fourth-order valence-corrected chi connectivity index (χ4v) is 2.93. The quantitative estimate of drug-likeness (QED) is 0.644. The van der Waals surface area contributed by atoms with E-state index in [-0.39, 0.29) is 0 Å². The van der Waals surface area contributed by atoms with Gasteiger partial charge in [-0.1, -0.05) is 42.5 Å². The van der Waals surface area contributed by atoms with Crippen LogP contribution in [0.2, 0.25) is 0 Å². The van der Waals surface area contributed by atoms with E-state index in [1.54, 1.807) is 7.11 Å². The van der Waals surface area contributed by atoms with E-state index < -0.39 is 0 Å². The maximum absolute atomic E-state index is 5.41. The van der Waals surface area contributed by atoms with Crippen molar-refractivity contribution < 1.29 is 4.74 Å². The Hall–Kier alpha value is -3.08. The van der Waals surface area contributed by atoms with Crippen LogP contribution in [0.15, 0.2) is 60.7 Å². The molecule has 0 saturated carbocycles. The summed E-state index contributed by atoms with van der Waals surface area (Å²) in [7, 11) is 1.66. The predicted octanol–water partition coefficient (Wildman–Crippen LogP) is 4.95. The Balaban J connectivity index is 1.91. The summed E-state index contributed by atoms with van der Waals surface area (Å²) in [6.07, 6.45) is 0. The summed E-state index contributed by atoms with van der Waals surface area (Å²) in [4.78, 5) is 11.6. The highest BCUT2D eigenvalue weighted by Gasteiger charge is 2.15. The summed E-state index contributed by atoms with van der Waals surface area (Å²) in [5, 5.41) is 3.29. The van der Waals surface area contributed by atoms with Crippen LogP contribution in [0.1, 0.15) is 25.1 Å². The molecule has 1 heterocycles. The lowest BCUT2D eigenvalue weighted by atomic mass is 10.2. The molecule has 0 radical (unpaired) electrons. The largest absolute Gasteiger partial charge is 0.495 e. The monoisotopic (exact) mass is 362 g/mol. The molecule has 0 bridgehead atoms.